The van der Waals surface area contributed by atoms with Gasteiger partial charge in [-0.25, -0.2) is 0 Å². The summed E-state index contributed by atoms with van der Waals surface area (Å²) >= 11 is 22.5. The first kappa shape index (κ1) is 19.3. The van der Waals surface area contributed by atoms with Gasteiger partial charge in [0.2, 0.25) is 13.4 Å². The largest absolute Gasteiger partial charge is 0.310 e. The lowest BCUT2D eigenvalue weighted by Crippen LogP contribution is -2.42. The number of hydrogen-bond acceptors (Lipinski definition) is 0. The van der Waals surface area contributed by atoms with Gasteiger partial charge in [-0.1, -0.05) is 0 Å². The summed E-state index contributed by atoms with van der Waals surface area (Å²) in [5.41, 5.74) is 0. The molecule has 0 atom stereocenters. The van der Waals surface area contributed by atoms with Gasteiger partial charge >= 0.3 is 11.8 Å². The molecule has 10 heteroatoms. The fourth-order valence-corrected chi connectivity index (χ4v) is 3.76. The maximum atomic E-state index is 13.4. The Balaban J connectivity index is 4.55. The van der Waals surface area contributed by atoms with Crippen molar-refractivity contribution in [1.29, 1.82) is 0 Å². The lowest BCUT2D eigenvalue weighted by Gasteiger charge is -2.28. The van der Waals surface area contributed by atoms with Crippen molar-refractivity contribution in [3.8, 4) is 0 Å². The Labute approximate surface area is 125 Å². The Hall–Kier alpha value is 1.31. The fraction of sp³-hybridized carbons (Fsp3) is 1.00. The summed E-state index contributed by atoms with van der Waals surface area (Å²) in [7, 11) is 0. The molecule has 0 aromatic carbocycles. The van der Waals surface area contributed by atoms with Gasteiger partial charge < -0.3 is 0 Å². The van der Waals surface area contributed by atoms with Gasteiger partial charge in [-0.15, -0.1) is 44.3 Å². The summed E-state index contributed by atoms with van der Waals surface area (Å²) in [6, 6.07) is -0.593. The van der Waals surface area contributed by atoms with E-state index in [2.05, 4.69) is 0 Å². The molecule has 0 rings (SSSR count). The summed E-state index contributed by atoms with van der Waals surface area (Å²) in [5, 5.41) is 0. The van der Waals surface area contributed by atoms with Crippen LogP contribution < -0.4 is 0 Å². The average Bonchev–Trinajstić information content (AvgIpc) is 2.10. The van der Waals surface area contributed by atoms with Gasteiger partial charge in [-0.3, -0.25) is 0 Å². The highest BCUT2D eigenvalue weighted by Gasteiger charge is 2.56. The lowest BCUT2D eigenvalue weighted by molar-refractivity contribution is -0.210. The van der Waals surface area contributed by atoms with Crippen LogP contribution >= 0.6 is 44.3 Å². The van der Waals surface area contributed by atoms with Crippen LogP contribution in [-0.2, 0) is 0 Å². The maximum absolute atomic E-state index is 13.4. The average molecular weight is 384 g/mol. The summed E-state index contributed by atoms with van der Waals surface area (Å²) in [4.78, 5) is 0. The van der Waals surface area contributed by atoms with Crippen LogP contribution in [0.1, 0.15) is 12.8 Å². The number of rotatable bonds is 7. The van der Waals surface area contributed by atoms with Crippen LogP contribution in [-0.4, -0.2) is 25.2 Å². The first-order valence-electron chi connectivity index (χ1n) is 5.18. The third kappa shape index (κ3) is 7.79. The zero-order valence-electron chi connectivity index (χ0n) is 9.85. The molecule has 0 aliphatic carbocycles. The maximum Gasteiger partial charge on any atom is 0.310 e. The molecule has 0 saturated heterocycles. The quantitative estimate of drug-likeness (QED) is 0.281. The molecule has 0 aliphatic heterocycles. The molecule has 0 heterocycles. The Morgan fingerprint density at radius 1 is 0.722 bits per heavy atom. The first-order valence-corrected chi connectivity index (χ1v) is 14.6. The smallest absolute Gasteiger partial charge is 0.200 e. The van der Waals surface area contributed by atoms with E-state index in [1.165, 1.54) is 13.1 Å². The van der Waals surface area contributed by atoms with Crippen molar-refractivity contribution in [1.82, 2.24) is 0 Å². The van der Waals surface area contributed by atoms with Crippen molar-refractivity contribution >= 4 is 57.7 Å². The van der Waals surface area contributed by atoms with Crippen molar-refractivity contribution in [2.45, 2.75) is 49.9 Å². The molecule has 110 valence electrons. The third-order valence-corrected chi connectivity index (χ3v) is 6.81. The third-order valence-electron chi connectivity index (χ3n) is 2.29. The van der Waals surface area contributed by atoms with Crippen molar-refractivity contribution in [3.63, 3.8) is 0 Å². The van der Waals surface area contributed by atoms with E-state index >= 15 is 0 Å². The summed E-state index contributed by atoms with van der Waals surface area (Å²) in [6.07, 6.45) is -2.06. The van der Waals surface area contributed by atoms with Crippen molar-refractivity contribution < 1.29 is 17.6 Å². The van der Waals surface area contributed by atoms with E-state index in [0.717, 1.165) is 0 Å². The van der Waals surface area contributed by atoms with Crippen LogP contribution in [0, 0.1) is 0 Å². The van der Waals surface area contributed by atoms with Gasteiger partial charge in [-0.2, -0.15) is 17.6 Å². The van der Waals surface area contributed by atoms with Crippen molar-refractivity contribution in [2.24, 2.45) is 0 Å². The van der Waals surface area contributed by atoms with Crippen LogP contribution in [0.3, 0.4) is 0 Å². The second-order valence-corrected chi connectivity index (χ2v) is 21.0. The van der Waals surface area contributed by atoms with Gasteiger partial charge in [0.25, 0.3) is 0 Å². The molecule has 0 fully saturated rings. The second-order valence-electron chi connectivity index (χ2n) is 4.55. The molecule has 0 N–H and O–H groups in total. The van der Waals surface area contributed by atoms with E-state index in [4.69, 9.17) is 44.3 Å². The topological polar surface area (TPSA) is 0 Å². The van der Waals surface area contributed by atoms with Gasteiger partial charge in [0.05, 0.1) is 0 Å². The number of hydrogen-bond donors (Lipinski definition) is 0. The van der Waals surface area contributed by atoms with Gasteiger partial charge in [-0.05, 0) is 25.2 Å². The molecule has 0 amide bonds. The van der Waals surface area contributed by atoms with E-state index in [-0.39, 0.29) is 12.1 Å². The molecular formula is C8H14Cl4F4Si2. The summed E-state index contributed by atoms with van der Waals surface area (Å²) in [6.45, 7) is -2.82. The van der Waals surface area contributed by atoms with E-state index in [1.54, 1.807) is 0 Å². The second kappa shape index (κ2) is 6.39. The molecule has 0 radical (unpaired) electrons. The molecule has 18 heavy (non-hydrogen) atoms. The van der Waals surface area contributed by atoms with Crippen LogP contribution in [0.15, 0.2) is 0 Å². The Bertz CT molecular complexity index is 247. The zero-order valence-corrected chi connectivity index (χ0v) is 14.9. The molecule has 0 unspecified atom stereocenters. The van der Waals surface area contributed by atoms with Crippen molar-refractivity contribution in [3.05, 3.63) is 0 Å². The lowest BCUT2D eigenvalue weighted by atomic mass is 10.1. The Morgan fingerprint density at radius 2 is 0.944 bits per heavy atom. The van der Waals surface area contributed by atoms with Crippen LogP contribution in [0.25, 0.3) is 0 Å². The van der Waals surface area contributed by atoms with Gasteiger partial charge in [0.15, 0.2) is 0 Å². The molecule has 0 saturated carbocycles. The predicted octanol–water partition coefficient (Wildman–Crippen LogP) is 6.14. The SMILES string of the molecule is C[Si](Cl)(Cl)CCC(F)(F)C(F)(F)CC[Si](C)(Cl)Cl. The zero-order chi connectivity index (χ0) is 14.8. The normalized spacial score (nSPS) is 15.0. The summed E-state index contributed by atoms with van der Waals surface area (Å²) in [5.74, 6) is -8.28. The highest BCUT2D eigenvalue weighted by molar-refractivity contribution is 7.45. The minimum absolute atomic E-state index is 0.296. The highest BCUT2D eigenvalue weighted by atomic mass is 35.7. The monoisotopic (exact) mass is 382 g/mol. The standard InChI is InChI=1S/C8H14Cl4F4Si2/c1-17(9,10)5-3-7(13,14)8(15,16)4-6-18(2,11)12/h3-6H2,1-2H3. The highest BCUT2D eigenvalue weighted by Crippen LogP contribution is 2.44. The van der Waals surface area contributed by atoms with Crippen LogP contribution in [0.4, 0.5) is 17.6 Å². The minimum atomic E-state index is -4.14. The van der Waals surface area contributed by atoms with Gasteiger partial charge in [0.1, 0.15) is 0 Å². The van der Waals surface area contributed by atoms with Crippen molar-refractivity contribution in [2.75, 3.05) is 0 Å². The Kier molecular flexibility index (Phi) is 6.86. The van der Waals surface area contributed by atoms with E-state index in [1.807, 2.05) is 0 Å². The van der Waals surface area contributed by atoms with E-state index in [0.29, 0.717) is 0 Å². The fourth-order valence-electron chi connectivity index (χ4n) is 1.12. The molecule has 0 bridgehead atoms. The minimum Gasteiger partial charge on any atom is -0.200 e. The van der Waals surface area contributed by atoms with E-state index < -0.39 is 38.1 Å². The molecular weight excluding hydrogens is 370 g/mol. The first-order chi connectivity index (χ1) is 7.66. The number of alkyl halides is 4. The predicted molar refractivity (Wildman–Crippen MR) is 75.4 cm³/mol. The molecule has 0 nitrogen and oxygen atoms in total. The summed E-state index contributed by atoms with van der Waals surface area (Å²) < 4.78 is 53.6. The van der Waals surface area contributed by atoms with Crippen LogP contribution in [0.2, 0.25) is 25.2 Å². The van der Waals surface area contributed by atoms with E-state index in [9.17, 15) is 17.6 Å². The molecule has 0 aromatic heterocycles. The molecule has 0 spiro atoms. The Morgan fingerprint density at radius 3 is 1.11 bits per heavy atom. The number of halogens is 8. The van der Waals surface area contributed by atoms with Crippen LogP contribution in [0.5, 0.6) is 0 Å². The molecule has 0 aliphatic rings. The van der Waals surface area contributed by atoms with Gasteiger partial charge in [0, 0.05) is 12.8 Å². The molecule has 0 aromatic rings.